The van der Waals surface area contributed by atoms with Crippen LogP contribution in [0.15, 0.2) is 22.9 Å². The topological polar surface area (TPSA) is 117 Å². The Morgan fingerprint density at radius 3 is 2.96 bits per heavy atom. The summed E-state index contributed by atoms with van der Waals surface area (Å²) in [7, 11) is 0. The van der Waals surface area contributed by atoms with Gasteiger partial charge in [0, 0.05) is 33.1 Å². The third-order valence-electron chi connectivity index (χ3n) is 4.23. The van der Waals surface area contributed by atoms with E-state index in [2.05, 4.69) is 25.7 Å². The third kappa shape index (κ3) is 4.32. The van der Waals surface area contributed by atoms with Crippen LogP contribution in [0.4, 0.5) is 4.79 Å². The maximum Gasteiger partial charge on any atom is 0.317 e. The Labute approximate surface area is 150 Å². The highest BCUT2D eigenvalue weighted by Gasteiger charge is 2.32. The molecule has 2 aromatic rings. The van der Waals surface area contributed by atoms with Gasteiger partial charge in [-0.2, -0.15) is 15.2 Å². The van der Waals surface area contributed by atoms with E-state index in [4.69, 9.17) is 4.52 Å². The van der Waals surface area contributed by atoms with Gasteiger partial charge in [-0.25, -0.2) is 4.79 Å². The van der Waals surface area contributed by atoms with Crippen molar-refractivity contribution in [1.82, 2.24) is 35.5 Å². The molecule has 1 fully saturated rings. The molecule has 1 unspecified atom stereocenters. The van der Waals surface area contributed by atoms with E-state index in [-0.39, 0.29) is 24.5 Å². The number of carbonyl (C=O) groups is 2. The predicted octanol–water partition coefficient (Wildman–Crippen LogP) is 0.501. The standard InChI is InChI=1S/C16H21N7O3/c1-11-19-15(21-26-11)10-23(12(2)24)14-5-7-22(9-14)16(25)17-8-13-4-3-6-18-20-13/h3-4,6,14H,5,7-10H2,1-2H3,(H,17,25). The number of aryl methyl sites for hydroxylation is 1. The summed E-state index contributed by atoms with van der Waals surface area (Å²) in [5, 5.41) is 14.4. The Balaban J connectivity index is 1.55. The number of aromatic nitrogens is 4. The first-order chi connectivity index (χ1) is 12.5. The first kappa shape index (κ1) is 17.8. The van der Waals surface area contributed by atoms with Crippen LogP contribution in [0.3, 0.4) is 0 Å². The summed E-state index contributed by atoms with van der Waals surface area (Å²) in [6, 6.07) is 3.31. The SMILES string of the molecule is CC(=O)N(Cc1noc(C)n1)C1CCN(C(=O)NCc2cccnn2)C1. The minimum atomic E-state index is -0.183. The Morgan fingerprint density at radius 1 is 1.46 bits per heavy atom. The summed E-state index contributed by atoms with van der Waals surface area (Å²) in [5.74, 6) is 0.836. The molecule has 1 N–H and O–H groups in total. The van der Waals surface area contributed by atoms with Crippen LogP contribution in [0.2, 0.25) is 0 Å². The normalized spacial score (nSPS) is 16.5. The number of nitrogens with zero attached hydrogens (tertiary/aromatic N) is 6. The van der Waals surface area contributed by atoms with Crippen molar-refractivity contribution in [3.63, 3.8) is 0 Å². The monoisotopic (exact) mass is 359 g/mol. The predicted molar refractivity (Wildman–Crippen MR) is 89.5 cm³/mol. The summed E-state index contributed by atoms with van der Waals surface area (Å²) in [6.07, 6.45) is 2.28. The zero-order chi connectivity index (χ0) is 18.5. The lowest BCUT2D eigenvalue weighted by Crippen LogP contribution is -2.43. The third-order valence-corrected chi connectivity index (χ3v) is 4.23. The van der Waals surface area contributed by atoms with Crippen molar-refractivity contribution in [2.24, 2.45) is 0 Å². The Kier molecular flexibility index (Phi) is 5.40. The van der Waals surface area contributed by atoms with E-state index in [0.717, 1.165) is 0 Å². The van der Waals surface area contributed by atoms with Crippen LogP contribution in [0, 0.1) is 6.92 Å². The molecule has 0 aliphatic carbocycles. The summed E-state index contributed by atoms with van der Waals surface area (Å²) >= 11 is 0. The van der Waals surface area contributed by atoms with Gasteiger partial charge < -0.3 is 19.6 Å². The Bertz CT molecular complexity index is 764. The maximum atomic E-state index is 12.3. The second kappa shape index (κ2) is 7.89. The molecule has 1 atom stereocenters. The number of likely N-dealkylation sites (tertiary alicyclic amines) is 1. The molecular formula is C16H21N7O3. The van der Waals surface area contributed by atoms with E-state index in [1.165, 1.54) is 6.92 Å². The average molecular weight is 359 g/mol. The maximum absolute atomic E-state index is 12.3. The largest absolute Gasteiger partial charge is 0.340 e. The van der Waals surface area contributed by atoms with Gasteiger partial charge in [0.05, 0.1) is 24.8 Å². The average Bonchev–Trinajstić information content (AvgIpc) is 3.27. The van der Waals surface area contributed by atoms with Gasteiger partial charge in [0.15, 0.2) is 5.82 Å². The number of rotatable bonds is 5. The highest BCUT2D eigenvalue weighted by molar-refractivity contribution is 5.76. The zero-order valence-corrected chi connectivity index (χ0v) is 14.8. The molecule has 0 saturated carbocycles. The minimum absolute atomic E-state index is 0.0754. The van der Waals surface area contributed by atoms with E-state index in [9.17, 15) is 9.59 Å². The van der Waals surface area contributed by atoms with Crippen molar-refractivity contribution in [2.75, 3.05) is 13.1 Å². The van der Waals surface area contributed by atoms with Crippen LogP contribution in [0.1, 0.15) is 30.8 Å². The second-order valence-electron chi connectivity index (χ2n) is 6.14. The van der Waals surface area contributed by atoms with Crippen molar-refractivity contribution in [3.8, 4) is 0 Å². The van der Waals surface area contributed by atoms with Gasteiger partial charge in [-0.3, -0.25) is 4.79 Å². The summed E-state index contributed by atoms with van der Waals surface area (Å²) in [5.41, 5.74) is 0.689. The van der Waals surface area contributed by atoms with E-state index in [1.54, 1.807) is 35.1 Å². The number of carbonyl (C=O) groups excluding carboxylic acids is 2. The number of urea groups is 1. The quantitative estimate of drug-likeness (QED) is 0.826. The second-order valence-corrected chi connectivity index (χ2v) is 6.14. The van der Waals surface area contributed by atoms with Crippen molar-refractivity contribution >= 4 is 11.9 Å². The lowest BCUT2D eigenvalue weighted by molar-refractivity contribution is -0.131. The lowest BCUT2D eigenvalue weighted by atomic mass is 10.2. The van der Waals surface area contributed by atoms with Crippen LogP contribution in [0.25, 0.3) is 0 Å². The molecule has 0 radical (unpaired) electrons. The van der Waals surface area contributed by atoms with Crippen LogP contribution in [-0.2, 0) is 17.9 Å². The molecule has 3 heterocycles. The molecule has 1 aliphatic heterocycles. The number of hydrogen-bond donors (Lipinski definition) is 1. The summed E-state index contributed by atoms with van der Waals surface area (Å²) < 4.78 is 4.96. The van der Waals surface area contributed by atoms with Crippen molar-refractivity contribution in [2.45, 2.75) is 39.4 Å². The van der Waals surface area contributed by atoms with Gasteiger partial charge >= 0.3 is 6.03 Å². The summed E-state index contributed by atoms with van der Waals surface area (Å²) in [4.78, 5) is 31.9. The fourth-order valence-electron chi connectivity index (χ4n) is 2.94. The number of hydrogen-bond acceptors (Lipinski definition) is 7. The van der Waals surface area contributed by atoms with Crippen LogP contribution >= 0.6 is 0 Å². The highest BCUT2D eigenvalue weighted by Crippen LogP contribution is 2.18. The van der Waals surface area contributed by atoms with E-state index in [1.807, 2.05) is 0 Å². The van der Waals surface area contributed by atoms with Gasteiger partial charge in [-0.1, -0.05) is 5.16 Å². The highest BCUT2D eigenvalue weighted by atomic mass is 16.5. The van der Waals surface area contributed by atoms with Crippen molar-refractivity contribution in [1.29, 1.82) is 0 Å². The zero-order valence-electron chi connectivity index (χ0n) is 14.8. The molecule has 10 nitrogen and oxygen atoms in total. The van der Waals surface area contributed by atoms with E-state index in [0.29, 0.717) is 43.5 Å². The molecule has 2 aromatic heterocycles. The first-order valence-electron chi connectivity index (χ1n) is 8.38. The first-order valence-corrected chi connectivity index (χ1v) is 8.38. The van der Waals surface area contributed by atoms with Crippen molar-refractivity contribution < 1.29 is 14.1 Å². The van der Waals surface area contributed by atoms with Crippen molar-refractivity contribution in [3.05, 3.63) is 35.7 Å². The van der Waals surface area contributed by atoms with Crippen LogP contribution < -0.4 is 5.32 Å². The molecule has 1 saturated heterocycles. The summed E-state index contributed by atoms with van der Waals surface area (Å²) in [6.45, 7) is 4.82. The van der Waals surface area contributed by atoms with Gasteiger partial charge in [0.1, 0.15) is 0 Å². The smallest absolute Gasteiger partial charge is 0.317 e. The number of nitrogens with one attached hydrogen (secondary N) is 1. The lowest BCUT2D eigenvalue weighted by Gasteiger charge is -2.26. The molecular weight excluding hydrogens is 338 g/mol. The molecule has 0 bridgehead atoms. The Hall–Kier alpha value is -3.04. The molecule has 0 spiro atoms. The minimum Gasteiger partial charge on any atom is -0.340 e. The van der Waals surface area contributed by atoms with Crippen LogP contribution in [0.5, 0.6) is 0 Å². The molecule has 138 valence electrons. The van der Waals surface area contributed by atoms with Gasteiger partial charge in [-0.05, 0) is 18.6 Å². The Morgan fingerprint density at radius 2 is 2.31 bits per heavy atom. The molecule has 3 amide bonds. The van der Waals surface area contributed by atoms with E-state index >= 15 is 0 Å². The molecule has 10 heteroatoms. The molecule has 3 rings (SSSR count). The van der Waals surface area contributed by atoms with Gasteiger partial charge in [-0.15, -0.1) is 0 Å². The van der Waals surface area contributed by atoms with E-state index < -0.39 is 0 Å². The van der Waals surface area contributed by atoms with Crippen LogP contribution in [-0.4, -0.2) is 61.2 Å². The number of amides is 3. The molecule has 1 aliphatic rings. The van der Waals surface area contributed by atoms with Gasteiger partial charge in [0.2, 0.25) is 11.8 Å². The molecule has 26 heavy (non-hydrogen) atoms. The molecule has 0 aromatic carbocycles. The fourth-order valence-corrected chi connectivity index (χ4v) is 2.94. The van der Waals surface area contributed by atoms with Gasteiger partial charge in [0.25, 0.3) is 0 Å². The fraction of sp³-hybridized carbons (Fsp3) is 0.500.